The van der Waals surface area contributed by atoms with Crippen molar-refractivity contribution in [1.29, 1.82) is 0 Å². The minimum atomic E-state index is 0.0339. The molecule has 2 heterocycles. The van der Waals surface area contributed by atoms with E-state index in [1.54, 1.807) is 19.9 Å². The third kappa shape index (κ3) is 1.80. The molecule has 0 amide bonds. The highest BCUT2D eigenvalue weighted by molar-refractivity contribution is 6.29. The van der Waals surface area contributed by atoms with Crippen LogP contribution in [0, 0.1) is 0 Å². The Bertz CT molecular complexity index is 605. The zero-order valence-electron chi connectivity index (χ0n) is 9.51. The van der Waals surface area contributed by atoms with Gasteiger partial charge in [0, 0.05) is 25.5 Å². The summed E-state index contributed by atoms with van der Waals surface area (Å²) in [4.78, 5) is 16.2. The highest BCUT2D eigenvalue weighted by Gasteiger charge is 2.25. The monoisotopic (exact) mass is 252 g/mol. The lowest BCUT2D eigenvalue weighted by Crippen LogP contribution is -2.24. The van der Waals surface area contributed by atoms with E-state index in [2.05, 4.69) is 4.98 Å². The number of hydrogen-bond acceptors (Lipinski definition) is 2. The molecular formula is C11H13ClN4O. The van der Waals surface area contributed by atoms with E-state index in [0.717, 1.165) is 18.7 Å². The summed E-state index contributed by atoms with van der Waals surface area (Å²) >= 11 is 5.91. The number of halogens is 1. The molecule has 0 aliphatic heterocycles. The molecule has 5 nitrogen and oxygen atoms in total. The molecule has 0 radical (unpaired) electrons. The Morgan fingerprint density at radius 3 is 2.82 bits per heavy atom. The second kappa shape index (κ2) is 3.77. The highest BCUT2D eigenvalue weighted by Crippen LogP contribution is 2.33. The van der Waals surface area contributed by atoms with E-state index < -0.39 is 0 Å². The summed E-state index contributed by atoms with van der Waals surface area (Å²) in [5.41, 5.74) is 0.0339. The average Bonchev–Trinajstić information content (AvgIpc) is 3.03. The molecule has 3 rings (SSSR count). The van der Waals surface area contributed by atoms with Crippen LogP contribution in [-0.2, 0) is 13.6 Å². The molecule has 1 aliphatic carbocycles. The van der Waals surface area contributed by atoms with Crippen molar-refractivity contribution in [2.45, 2.75) is 25.4 Å². The fourth-order valence-electron chi connectivity index (χ4n) is 1.90. The lowest BCUT2D eigenvalue weighted by molar-refractivity contribution is 0.630. The molecule has 90 valence electrons. The average molecular weight is 253 g/mol. The first-order valence-electron chi connectivity index (χ1n) is 5.60. The standard InChI is InChI=1S/C11H13ClN4O/c1-14-9(12)6-13-10(14)7-15-4-5-16(11(15)17)8-2-3-8/h4-6,8H,2-3,7H2,1H3. The van der Waals surface area contributed by atoms with Crippen molar-refractivity contribution in [2.24, 2.45) is 7.05 Å². The molecule has 1 fully saturated rings. The lowest BCUT2D eigenvalue weighted by atomic mass is 10.6. The third-order valence-corrected chi connectivity index (χ3v) is 3.50. The molecule has 2 aromatic heterocycles. The number of hydrogen-bond donors (Lipinski definition) is 0. The Balaban J connectivity index is 1.90. The van der Waals surface area contributed by atoms with E-state index in [1.165, 1.54) is 0 Å². The molecule has 0 bridgehead atoms. The Morgan fingerprint density at radius 2 is 2.24 bits per heavy atom. The van der Waals surface area contributed by atoms with Crippen LogP contribution < -0.4 is 5.69 Å². The van der Waals surface area contributed by atoms with Gasteiger partial charge in [0.2, 0.25) is 0 Å². The fourth-order valence-corrected chi connectivity index (χ4v) is 2.05. The van der Waals surface area contributed by atoms with Gasteiger partial charge in [-0.1, -0.05) is 11.6 Å². The predicted molar refractivity (Wildman–Crippen MR) is 64.3 cm³/mol. The van der Waals surface area contributed by atoms with Crippen molar-refractivity contribution >= 4 is 11.6 Å². The van der Waals surface area contributed by atoms with E-state index in [-0.39, 0.29) is 5.69 Å². The Morgan fingerprint density at radius 1 is 1.47 bits per heavy atom. The predicted octanol–water partition coefficient (Wildman–Crippen LogP) is 1.42. The van der Waals surface area contributed by atoms with Crippen LogP contribution in [0.5, 0.6) is 0 Å². The first kappa shape index (κ1) is 10.7. The second-order valence-electron chi connectivity index (χ2n) is 4.40. The van der Waals surface area contributed by atoms with E-state index >= 15 is 0 Å². The van der Waals surface area contributed by atoms with Gasteiger partial charge in [-0.05, 0) is 12.8 Å². The van der Waals surface area contributed by atoms with Crippen molar-refractivity contribution in [3.8, 4) is 0 Å². The first-order chi connectivity index (χ1) is 8.16. The van der Waals surface area contributed by atoms with Gasteiger partial charge in [0.25, 0.3) is 0 Å². The van der Waals surface area contributed by atoms with Gasteiger partial charge < -0.3 is 4.57 Å². The topological polar surface area (TPSA) is 44.8 Å². The number of rotatable bonds is 3. The van der Waals surface area contributed by atoms with Crippen LogP contribution in [0.15, 0.2) is 23.4 Å². The molecule has 6 heteroatoms. The molecule has 0 aromatic carbocycles. The van der Waals surface area contributed by atoms with Gasteiger partial charge in [0.15, 0.2) is 0 Å². The van der Waals surface area contributed by atoms with E-state index in [4.69, 9.17) is 11.6 Å². The maximum Gasteiger partial charge on any atom is 0.328 e. The third-order valence-electron chi connectivity index (χ3n) is 3.15. The maximum atomic E-state index is 12.0. The van der Waals surface area contributed by atoms with Crippen molar-refractivity contribution in [2.75, 3.05) is 0 Å². The van der Waals surface area contributed by atoms with Gasteiger partial charge >= 0.3 is 5.69 Å². The Hall–Kier alpha value is -1.49. The molecule has 0 unspecified atom stereocenters. The van der Waals surface area contributed by atoms with Crippen LogP contribution in [0.2, 0.25) is 5.15 Å². The quantitative estimate of drug-likeness (QED) is 0.829. The summed E-state index contributed by atoms with van der Waals surface area (Å²) < 4.78 is 5.24. The van der Waals surface area contributed by atoms with Crippen LogP contribution in [0.3, 0.4) is 0 Å². The first-order valence-corrected chi connectivity index (χ1v) is 5.98. The largest absolute Gasteiger partial charge is 0.328 e. The maximum absolute atomic E-state index is 12.0. The summed E-state index contributed by atoms with van der Waals surface area (Å²) in [6.45, 7) is 0.460. The molecule has 1 saturated carbocycles. The number of aromatic nitrogens is 4. The normalized spacial score (nSPS) is 15.4. The van der Waals surface area contributed by atoms with Crippen LogP contribution in [-0.4, -0.2) is 18.7 Å². The van der Waals surface area contributed by atoms with Crippen molar-refractivity contribution < 1.29 is 0 Å². The van der Waals surface area contributed by atoms with Crippen molar-refractivity contribution in [3.05, 3.63) is 40.1 Å². The molecule has 0 atom stereocenters. The summed E-state index contributed by atoms with van der Waals surface area (Å²) in [6.07, 6.45) is 7.48. The van der Waals surface area contributed by atoms with E-state index in [0.29, 0.717) is 17.7 Å². The zero-order chi connectivity index (χ0) is 12.0. The molecule has 0 N–H and O–H groups in total. The zero-order valence-corrected chi connectivity index (χ0v) is 10.3. The molecule has 17 heavy (non-hydrogen) atoms. The van der Waals surface area contributed by atoms with Gasteiger partial charge in [-0.25, -0.2) is 9.78 Å². The van der Waals surface area contributed by atoms with Crippen LogP contribution in [0.4, 0.5) is 0 Å². The molecule has 0 saturated heterocycles. The SMILES string of the molecule is Cn1c(Cl)cnc1Cn1ccn(C2CC2)c1=O. The summed E-state index contributed by atoms with van der Waals surface area (Å²) in [6, 6.07) is 0.411. The van der Waals surface area contributed by atoms with Crippen molar-refractivity contribution in [3.63, 3.8) is 0 Å². The summed E-state index contributed by atoms with van der Waals surface area (Å²) in [7, 11) is 1.84. The number of imidazole rings is 2. The van der Waals surface area contributed by atoms with Gasteiger partial charge in [0.1, 0.15) is 11.0 Å². The minimum absolute atomic E-state index is 0.0339. The number of nitrogens with zero attached hydrogens (tertiary/aromatic N) is 4. The fraction of sp³-hybridized carbons (Fsp3) is 0.455. The van der Waals surface area contributed by atoms with Crippen molar-refractivity contribution in [1.82, 2.24) is 18.7 Å². The second-order valence-corrected chi connectivity index (χ2v) is 4.79. The molecular weight excluding hydrogens is 240 g/mol. The Labute approximate surface area is 103 Å². The van der Waals surface area contributed by atoms with E-state index in [1.807, 2.05) is 19.4 Å². The van der Waals surface area contributed by atoms with Crippen LogP contribution >= 0.6 is 11.6 Å². The molecule has 1 aliphatic rings. The minimum Gasteiger partial charge on any atom is -0.321 e. The van der Waals surface area contributed by atoms with Crippen LogP contribution in [0.1, 0.15) is 24.7 Å². The summed E-state index contributed by atoms with van der Waals surface area (Å²) in [5.74, 6) is 0.783. The van der Waals surface area contributed by atoms with Gasteiger partial charge in [-0.2, -0.15) is 0 Å². The molecule has 2 aromatic rings. The lowest BCUT2D eigenvalue weighted by Gasteiger charge is -2.03. The highest BCUT2D eigenvalue weighted by atomic mass is 35.5. The van der Waals surface area contributed by atoms with Gasteiger partial charge in [0.05, 0.1) is 12.7 Å². The summed E-state index contributed by atoms with van der Waals surface area (Å²) in [5, 5.41) is 0.578. The van der Waals surface area contributed by atoms with Gasteiger partial charge in [-0.15, -0.1) is 0 Å². The van der Waals surface area contributed by atoms with E-state index in [9.17, 15) is 4.79 Å². The van der Waals surface area contributed by atoms with Crippen LogP contribution in [0.25, 0.3) is 0 Å². The smallest absolute Gasteiger partial charge is 0.321 e. The van der Waals surface area contributed by atoms with Gasteiger partial charge in [-0.3, -0.25) is 9.13 Å². The Kier molecular flexibility index (Phi) is 2.36. The molecule has 0 spiro atoms.